The Labute approximate surface area is 105 Å². The van der Waals surface area contributed by atoms with E-state index in [0.717, 1.165) is 25.0 Å². The zero-order valence-electron chi connectivity index (χ0n) is 11.2. The predicted octanol–water partition coefficient (Wildman–Crippen LogP) is 3.53. The number of hydrogen-bond acceptors (Lipinski definition) is 2. The number of nitrogens with zero attached hydrogens (tertiary/aromatic N) is 2. The van der Waals surface area contributed by atoms with Gasteiger partial charge in [0.15, 0.2) is 0 Å². The minimum atomic E-state index is 0.666. The third kappa shape index (κ3) is 3.76. The van der Waals surface area contributed by atoms with Crippen molar-refractivity contribution in [1.29, 1.82) is 0 Å². The van der Waals surface area contributed by atoms with Gasteiger partial charge in [0.1, 0.15) is 0 Å². The van der Waals surface area contributed by atoms with Crippen molar-refractivity contribution in [3.63, 3.8) is 0 Å². The Balaban J connectivity index is 1.75. The van der Waals surface area contributed by atoms with Crippen LogP contribution in [0.4, 0.5) is 5.95 Å². The highest BCUT2D eigenvalue weighted by atomic mass is 15.2. The van der Waals surface area contributed by atoms with Gasteiger partial charge in [-0.25, -0.2) is 4.98 Å². The van der Waals surface area contributed by atoms with Gasteiger partial charge >= 0.3 is 0 Å². The van der Waals surface area contributed by atoms with Crippen LogP contribution in [0.1, 0.15) is 46.0 Å². The van der Waals surface area contributed by atoms with E-state index in [2.05, 4.69) is 34.9 Å². The third-order valence-electron chi connectivity index (χ3n) is 3.59. The van der Waals surface area contributed by atoms with Gasteiger partial charge in [0.25, 0.3) is 0 Å². The van der Waals surface area contributed by atoms with Crippen molar-refractivity contribution in [3.05, 3.63) is 12.4 Å². The first kappa shape index (κ1) is 12.5. The molecule has 1 aliphatic carbocycles. The molecule has 1 fully saturated rings. The van der Waals surface area contributed by atoms with Crippen molar-refractivity contribution in [1.82, 2.24) is 9.55 Å². The molecule has 1 aromatic rings. The van der Waals surface area contributed by atoms with Gasteiger partial charge in [-0.05, 0) is 18.3 Å². The molecule has 0 unspecified atom stereocenters. The molecule has 0 atom stereocenters. The molecule has 1 aromatic heterocycles. The molecule has 17 heavy (non-hydrogen) atoms. The minimum absolute atomic E-state index is 0.666. The van der Waals surface area contributed by atoms with Crippen LogP contribution in [0.3, 0.4) is 0 Å². The summed E-state index contributed by atoms with van der Waals surface area (Å²) in [5.41, 5.74) is 0. The lowest BCUT2D eigenvalue weighted by molar-refractivity contribution is 0.509. The number of imidazole rings is 1. The maximum absolute atomic E-state index is 4.39. The van der Waals surface area contributed by atoms with Crippen molar-refractivity contribution in [2.45, 2.75) is 52.5 Å². The Kier molecular flexibility index (Phi) is 4.46. The normalized spacial score (nSPS) is 16.9. The molecule has 0 spiro atoms. The van der Waals surface area contributed by atoms with E-state index in [4.69, 9.17) is 0 Å². The maximum Gasteiger partial charge on any atom is 0.202 e. The standard InChI is InChI=1S/C14H25N3/c1-12(2)11-17-10-9-16-14(17)15-8-7-13-5-3-4-6-13/h9-10,12-13H,3-8,11H2,1-2H3,(H,15,16). The molecule has 1 heterocycles. The van der Waals surface area contributed by atoms with E-state index in [1.165, 1.54) is 32.1 Å². The highest BCUT2D eigenvalue weighted by Gasteiger charge is 2.14. The number of aromatic nitrogens is 2. The quantitative estimate of drug-likeness (QED) is 0.817. The second-order valence-electron chi connectivity index (χ2n) is 5.66. The van der Waals surface area contributed by atoms with E-state index in [0.29, 0.717) is 5.92 Å². The summed E-state index contributed by atoms with van der Waals surface area (Å²) >= 11 is 0. The molecule has 0 radical (unpaired) electrons. The zero-order valence-corrected chi connectivity index (χ0v) is 11.2. The van der Waals surface area contributed by atoms with Crippen LogP contribution in [0, 0.1) is 11.8 Å². The van der Waals surface area contributed by atoms with E-state index in [1.807, 2.05) is 6.20 Å². The van der Waals surface area contributed by atoms with Crippen molar-refractivity contribution < 1.29 is 0 Å². The average Bonchev–Trinajstić information content (AvgIpc) is 2.90. The molecular weight excluding hydrogens is 210 g/mol. The van der Waals surface area contributed by atoms with Gasteiger partial charge in [-0.2, -0.15) is 0 Å². The predicted molar refractivity (Wildman–Crippen MR) is 72.1 cm³/mol. The molecule has 0 aromatic carbocycles. The van der Waals surface area contributed by atoms with Gasteiger partial charge in [0.05, 0.1) is 0 Å². The van der Waals surface area contributed by atoms with Gasteiger partial charge < -0.3 is 9.88 Å². The monoisotopic (exact) mass is 235 g/mol. The Morgan fingerprint density at radius 3 is 2.88 bits per heavy atom. The average molecular weight is 235 g/mol. The molecular formula is C14H25N3. The Morgan fingerprint density at radius 1 is 1.41 bits per heavy atom. The molecule has 2 rings (SSSR count). The lowest BCUT2D eigenvalue weighted by Gasteiger charge is -2.13. The topological polar surface area (TPSA) is 29.9 Å². The summed E-state index contributed by atoms with van der Waals surface area (Å²) in [5.74, 6) is 2.66. The Hall–Kier alpha value is -0.990. The van der Waals surface area contributed by atoms with E-state index in [-0.39, 0.29) is 0 Å². The van der Waals surface area contributed by atoms with Gasteiger partial charge in [-0.15, -0.1) is 0 Å². The number of rotatable bonds is 6. The fourth-order valence-electron chi connectivity index (χ4n) is 2.70. The fraction of sp³-hybridized carbons (Fsp3) is 0.786. The fourth-order valence-corrected chi connectivity index (χ4v) is 2.70. The summed E-state index contributed by atoms with van der Waals surface area (Å²) in [6.45, 7) is 6.59. The molecule has 0 aliphatic heterocycles. The summed E-state index contributed by atoms with van der Waals surface area (Å²) in [7, 11) is 0. The van der Waals surface area contributed by atoms with Crippen LogP contribution in [-0.2, 0) is 6.54 Å². The lowest BCUT2D eigenvalue weighted by Crippen LogP contribution is -2.13. The van der Waals surface area contributed by atoms with Crippen LogP contribution >= 0.6 is 0 Å². The second kappa shape index (κ2) is 6.08. The highest BCUT2D eigenvalue weighted by molar-refractivity contribution is 5.25. The second-order valence-corrected chi connectivity index (χ2v) is 5.66. The molecule has 3 heteroatoms. The number of nitrogens with one attached hydrogen (secondary N) is 1. The first-order chi connectivity index (χ1) is 8.25. The van der Waals surface area contributed by atoms with Crippen molar-refractivity contribution in [3.8, 4) is 0 Å². The molecule has 96 valence electrons. The highest BCUT2D eigenvalue weighted by Crippen LogP contribution is 2.27. The summed E-state index contributed by atoms with van der Waals surface area (Å²) in [4.78, 5) is 4.39. The van der Waals surface area contributed by atoms with E-state index in [1.54, 1.807) is 0 Å². The van der Waals surface area contributed by atoms with Crippen LogP contribution in [0.15, 0.2) is 12.4 Å². The van der Waals surface area contributed by atoms with Crippen molar-refractivity contribution in [2.24, 2.45) is 11.8 Å². The molecule has 1 N–H and O–H groups in total. The van der Waals surface area contributed by atoms with Gasteiger partial charge in [0.2, 0.25) is 5.95 Å². The molecule has 0 amide bonds. The van der Waals surface area contributed by atoms with Crippen LogP contribution in [0.5, 0.6) is 0 Å². The molecule has 0 bridgehead atoms. The van der Waals surface area contributed by atoms with Crippen LogP contribution < -0.4 is 5.32 Å². The maximum atomic E-state index is 4.39. The van der Waals surface area contributed by atoms with Crippen LogP contribution in [-0.4, -0.2) is 16.1 Å². The zero-order chi connectivity index (χ0) is 12.1. The van der Waals surface area contributed by atoms with Crippen LogP contribution in [0.2, 0.25) is 0 Å². The summed E-state index contributed by atoms with van der Waals surface area (Å²) in [6.07, 6.45) is 11.0. The van der Waals surface area contributed by atoms with E-state index >= 15 is 0 Å². The molecule has 0 saturated heterocycles. The Morgan fingerprint density at radius 2 is 2.18 bits per heavy atom. The summed E-state index contributed by atoms with van der Waals surface area (Å²) in [6, 6.07) is 0. The number of anilines is 1. The smallest absolute Gasteiger partial charge is 0.202 e. The number of hydrogen-bond donors (Lipinski definition) is 1. The molecule has 1 aliphatic rings. The Bertz CT molecular complexity index is 324. The SMILES string of the molecule is CC(C)Cn1ccnc1NCCC1CCCC1. The summed E-state index contributed by atoms with van der Waals surface area (Å²) in [5, 5.41) is 3.48. The first-order valence-corrected chi connectivity index (χ1v) is 7.00. The van der Waals surface area contributed by atoms with Gasteiger partial charge in [-0.1, -0.05) is 39.5 Å². The molecule has 1 saturated carbocycles. The third-order valence-corrected chi connectivity index (χ3v) is 3.59. The van der Waals surface area contributed by atoms with Crippen molar-refractivity contribution >= 4 is 5.95 Å². The summed E-state index contributed by atoms with van der Waals surface area (Å²) < 4.78 is 2.22. The van der Waals surface area contributed by atoms with Crippen molar-refractivity contribution in [2.75, 3.05) is 11.9 Å². The van der Waals surface area contributed by atoms with E-state index in [9.17, 15) is 0 Å². The van der Waals surface area contributed by atoms with E-state index < -0.39 is 0 Å². The lowest BCUT2D eigenvalue weighted by atomic mass is 10.0. The largest absolute Gasteiger partial charge is 0.356 e. The van der Waals surface area contributed by atoms with Crippen LogP contribution in [0.25, 0.3) is 0 Å². The molecule has 3 nitrogen and oxygen atoms in total. The van der Waals surface area contributed by atoms with Gasteiger partial charge in [-0.3, -0.25) is 0 Å². The minimum Gasteiger partial charge on any atom is -0.356 e. The first-order valence-electron chi connectivity index (χ1n) is 7.00. The van der Waals surface area contributed by atoms with Gasteiger partial charge in [0, 0.05) is 25.5 Å².